The second kappa shape index (κ2) is 14.6. The maximum Gasteiger partial charge on any atom is 0.201 e. The van der Waals surface area contributed by atoms with Crippen molar-refractivity contribution in [3.63, 3.8) is 0 Å². The van der Waals surface area contributed by atoms with Gasteiger partial charge in [0.25, 0.3) is 0 Å². The zero-order valence-electron chi connectivity index (χ0n) is 25.4. The van der Waals surface area contributed by atoms with Crippen LogP contribution in [0.5, 0.6) is 5.75 Å². The maximum absolute atomic E-state index is 15.3. The van der Waals surface area contributed by atoms with Crippen LogP contribution in [0.15, 0.2) is 54.6 Å². The molecule has 0 heterocycles. The van der Waals surface area contributed by atoms with E-state index in [1.165, 1.54) is 96.3 Å². The van der Waals surface area contributed by atoms with E-state index < -0.39 is 11.6 Å². The second-order valence-corrected chi connectivity index (χ2v) is 12.9. The molecule has 0 N–H and O–H groups in total. The minimum absolute atomic E-state index is 0.130. The number of benzene rings is 3. The first-order chi connectivity index (χ1) is 20.5. The number of hydrogen-bond acceptors (Lipinski definition) is 1. The zero-order valence-corrected chi connectivity index (χ0v) is 25.4. The third-order valence-electron chi connectivity index (χ3n) is 10.3. The molecule has 4 heteroatoms. The lowest BCUT2D eigenvalue weighted by Crippen LogP contribution is -2.25. The monoisotopic (exact) mass is 576 g/mol. The quantitative estimate of drug-likeness (QED) is 0.206. The Labute approximate surface area is 250 Å². The number of ether oxygens (including phenoxy) is 1. The average molecular weight is 577 g/mol. The lowest BCUT2D eigenvalue weighted by atomic mass is 9.68. The molecule has 0 aliphatic heterocycles. The summed E-state index contributed by atoms with van der Waals surface area (Å²) in [5.41, 5.74) is 3.04. The summed E-state index contributed by atoms with van der Waals surface area (Å²) in [5, 5.41) is 0. The third-order valence-corrected chi connectivity index (χ3v) is 10.3. The first-order valence-electron chi connectivity index (χ1n) is 16.4. The van der Waals surface area contributed by atoms with Crippen LogP contribution in [0.2, 0.25) is 0 Å². The Balaban J connectivity index is 1.13. The molecule has 1 nitrogen and oxygen atoms in total. The van der Waals surface area contributed by atoms with Gasteiger partial charge in [0.15, 0.2) is 11.6 Å². The Hall–Kier alpha value is -2.75. The van der Waals surface area contributed by atoms with Gasteiger partial charge < -0.3 is 4.74 Å². The molecule has 0 atom stereocenters. The van der Waals surface area contributed by atoms with Gasteiger partial charge in [-0.3, -0.25) is 0 Å². The number of halogens is 3. The van der Waals surface area contributed by atoms with Crippen LogP contribution in [0.3, 0.4) is 0 Å². The minimum Gasteiger partial charge on any atom is -0.494 e. The smallest absolute Gasteiger partial charge is 0.201 e. The maximum atomic E-state index is 15.3. The molecule has 2 aliphatic rings. The minimum atomic E-state index is -1.01. The number of rotatable bonds is 11. The number of methoxy groups -OCH3 is 1. The van der Waals surface area contributed by atoms with Crippen molar-refractivity contribution >= 4 is 0 Å². The van der Waals surface area contributed by atoms with Crippen LogP contribution in [0.1, 0.15) is 108 Å². The molecular formula is C38H47F3O. The van der Waals surface area contributed by atoms with E-state index in [4.69, 9.17) is 4.74 Å². The molecule has 0 aromatic heterocycles. The molecule has 0 unspecified atom stereocenters. The fourth-order valence-corrected chi connectivity index (χ4v) is 7.67. The summed E-state index contributed by atoms with van der Waals surface area (Å²) in [6, 6.07) is 15.5. The van der Waals surface area contributed by atoms with Crippen molar-refractivity contribution in [2.24, 2.45) is 17.8 Å². The van der Waals surface area contributed by atoms with Gasteiger partial charge in [-0.25, -0.2) is 8.78 Å². The largest absolute Gasteiger partial charge is 0.494 e. The number of unbranched alkanes of at least 4 members (excludes halogenated alkanes) is 4. The van der Waals surface area contributed by atoms with E-state index in [-0.39, 0.29) is 17.1 Å². The highest BCUT2D eigenvalue weighted by Gasteiger charge is 2.31. The molecule has 226 valence electrons. The van der Waals surface area contributed by atoms with Gasteiger partial charge in [-0.2, -0.15) is 4.39 Å². The molecule has 0 saturated heterocycles. The van der Waals surface area contributed by atoms with Crippen molar-refractivity contribution in [1.82, 2.24) is 0 Å². The molecule has 0 radical (unpaired) electrons. The topological polar surface area (TPSA) is 9.23 Å². The molecule has 3 aromatic carbocycles. The SMILES string of the molecule is CCCCCCCC1CCC(C2CCC(c3ccc(-c4ccc(-c5ccc(OC)c(F)c5F)cc4)c(F)c3)CC2)CC1. The van der Waals surface area contributed by atoms with E-state index in [2.05, 4.69) is 13.0 Å². The van der Waals surface area contributed by atoms with Crippen LogP contribution in [0.4, 0.5) is 13.2 Å². The van der Waals surface area contributed by atoms with Crippen LogP contribution in [0, 0.1) is 35.2 Å². The summed E-state index contributed by atoms with van der Waals surface area (Å²) in [4.78, 5) is 0. The van der Waals surface area contributed by atoms with E-state index in [1.54, 1.807) is 30.3 Å². The van der Waals surface area contributed by atoms with Gasteiger partial charge >= 0.3 is 0 Å². The Bertz CT molecular complexity index is 1280. The van der Waals surface area contributed by atoms with Crippen molar-refractivity contribution in [2.45, 2.75) is 103 Å². The Morgan fingerprint density at radius 2 is 1.24 bits per heavy atom. The zero-order chi connectivity index (χ0) is 29.5. The first-order valence-corrected chi connectivity index (χ1v) is 16.4. The molecule has 0 bridgehead atoms. The Morgan fingerprint density at radius 1 is 0.643 bits per heavy atom. The lowest BCUT2D eigenvalue weighted by molar-refractivity contribution is 0.155. The van der Waals surface area contributed by atoms with Gasteiger partial charge in [0.2, 0.25) is 5.82 Å². The van der Waals surface area contributed by atoms with Crippen LogP contribution >= 0.6 is 0 Å². The molecule has 0 spiro atoms. The van der Waals surface area contributed by atoms with Crippen LogP contribution in [-0.4, -0.2) is 7.11 Å². The lowest BCUT2D eigenvalue weighted by Gasteiger charge is -2.38. The van der Waals surface area contributed by atoms with Crippen molar-refractivity contribution < 1.29 is 17.9 Å². The van der Waals surface area contributed by atoms with Crippen molar-refractivity contribution in [3.8, 4) is 28.0 Å². The van der Waals surface area contributed by atoms with E-state index >= 15 is 4.39 Å². The fraction of sp³-hybridized carbons (Fsp3) is 0.526. The second-order valence-electron chi connectivity index (χ2n) is 12.9. The highest BCUT2D eigenvalue weighted by Crippen LogP contribution is 2.45. The third kappa shape index (κ3) is 7.24. The van der Waals surface area contributed by atoms with Crippen LogP contribution in [0.25, 0.3) is 22.3 Å². The molecular weight excluding hydrogens is 529 g/mol. The van der Waals surface area contributed by atoms with E-state index in [0.717, 1.165) is 41.7 Å². The van der Waals surface area contributed by atoms with Crippen LogP contribution in [-0.2, 0) is 0 Å². The van der Waals surface area contributed by atoms with Crippen molar-refractivity contribution in [2.75, 3.05) is 7.11 Å². The van der Waals surface area contributed by atoms with Crippen molar-refractivity contribution in [3.05, 3.63) is 77.6 Å². The summed E-state index contributed by atoms with van der Waals surface area (Å²) in [5.74, 6) is 0.819. The van der Waals surface area contributed by atoms with E-state index in [0.29, 0.717) is 17.0 Å². The van der Waals surface area contributed by atoms with Gasteiger partial charge in [-0.05, 0) is 97.1 Å². The molecule has 3 aromatic rings. The molecule has 2 fully saturated rings. The van der Waals surface area contributed by atoms with Gasteiger partial charge in [-0.15, -0.1) is 0 Å². The van der Waals surface area contributed by atoms with E-state index in [1.807, 2.05) is 6.07 Å². The van der Waals surface area contributed by atoms with E-state index in [9.17, 15) is 8.78 Å². The van der Waals surface area contributed by atoms with Crippen LogP contribution < -0.4 is 4.74 Å². The first kappa shape index (κ1) is 30.7. The molecule has 42 heavy (non-hydrogen) atoms. The molecule has 2 saturated carbocycles. The molecule has 0 amide bonds. The standard InChI is InChI=1S/C38H47F3O/c1-3-4-5-6-7-8-26-9-11-27(12-10-26)28-13-15-29(16-14-28)32-21-22-33(35(39)25-32)30-17-19-31(20-18-30)34-23-24-36(42-2)38(41)37(34)40/h17-29H,3-16H2,1-2H3. The van der Waals surface area contributed by atoms with Gasteiger partial charge in [-0.1, -0.05) is 94.7 Å². The predicted molar refractivity (Wildman–Crippen MR) is 167 cm³/mol. The molecule has 5 rings (SSSR count). The van der Waals surface area contributed by atoms with Crippen molar-refractivity contribution in [1.29, 1.82) is 0 Å². The van der Waals surface area contributed by atoms with Gasteiger partial charge in [0.1, 0.15) is 5.82 Å². The Morgan fingerprint density at radius 3 is 1.86 bits per heavy atom. The summed E-state index contributed by atoms with van der Waals surface area (Å²) < 4.78 is 48.9. The molecule has 2 aliphatic carbocycles. The predicted octanol–water partition coefficient (Wildman–Crippen LogP) is 11.9. The normalized spacial score (nSPS) is 22.7. The highest BCUT2D eigenvalue weighted by molar-refractivity contribution is 5.71. The summed E-state index contributed by atoms with van der Waals surface area (Å²) in [6.45, 7) is 2.28. The summed E-state index contributed by atoms with van der Waals surface area (Å²) in [7, 11) is 1.31. The van der Waals surface area contributed by atoms with Gasteiger partial charge in [0.05, 0.1) is 7.11 Å². The Kier molecular flexibility index (Phi) is 10.7. The van der Waals surface area contributed by atoms with Gasteiger partial charge in [0, 0.05) is 11.1 Å². The summed E-state index contributed by atoms with van der Waals surface area (Å²) >= 11 is 0. The fourth-order valence-electron chi connectivity index (χ4n) is 7.67. The highest BCUT2D eigenvalue weighted by atomic mass is 19.2. The summed E-state index contributed by atoms with van der Waals surface area (Å²) in [6.07, 6.45) is 18.9. The number of hydrogen-bond donors (Lipinski definition) is 0. The average Bonchev–Trinajstić information content (AvgIpc) is 3.03.